The molecule has 0 atom stereocenters. The molecule has 0 saturated carbocycles. The topological polar surface area (TPSA) is 21.3 Å². The molecule has 0 N–H and O–H groups in total. The van der Waals surface area contributed by atoms with Gasteiger partial charge < -0.3 is 13.9 Å². The third-order valence-corrected chi connectivity index (χ3v) is 12.2. The Morgan fingerprint density at radius 1 is 0.361 bits per heavy atom. The van der Waals surface area contributed by atoms with Gasteiger partial charge in [-0.3, -0.25) is 0 Å². The van der Waals surface area contributed by atoms with Gasteiger partial charge in [-0.2, -0.15) is 0 Å². The Morgan fingerprint density at radius 2 is 0.918 bits per heavy atom. The molecule has 0 bridgehead atoms. The average molecular weight is 779 g/mol. The smallest absolute Gasteiger partial charge is 0.137 e. The summed E-state index contributed by atoms with van der Waals surface area (Å²) in [5, 5.41) is 7.07. The van der Waals surface area contributed by atoms with Crippen LogP contribution >= 0.6 is 0 Å². The summed E-state index contributed by atoms with van der Waals surface area (Å²) in [7, 11) is 0. The van der Waals surface area contributed by atoms with E-state index in [0.717, 1.165) is 61.4 Å². The van der Waals surface area contributed by atoms with Crippen LogP contribution in [0.1, 0.15) is 0 Å². The first-order chi connectivity index (χ1) is 30.3. The van der Waals surface area contributed by atoms with Gasteiger partial charge in [0.15, 0.2) is 0 Å². The summed E-state index contributed by atoms with van der Waals surface area (Å²) in [6, 6.07) is 83.0. The second kappa shape index (κ2) is 14.3. The molecule has 0 saturated heterocycles. The van der Waals surface area contributed by atoms with E-state index in [1.165, 1.54) is 49.3 Å². The lowest BCUT2D eigenvalue weighted by Crippen LogP contribution is -2.12. The molecule has 12 rings (SSSR count). The summed E-state index contributed by atoms with van der Waals surface area (Å²) in [5.41, 5.74) is 15.3. The van der Waals surface area contributed by atoms with E-state index >= 15 is 0 Å². The summed E-state index contributed by atoms with van der Waals surface area (Å²) in [5.74, 6) is 0. The number of benzene rings is 10. The van der Waals surface area contributed by atoms with Gasteiger partial charge in [0.2, 0.25) is 0 Å². The molecule has 0 spiro atoms. The van der Waals surface area contributed by atoms with E-state index in [9.17, 15) is 0 Å². The maximum Gasteiger partial charge on any atom is 0.137 e. The van der Waals surface area contributed by atoms with Gasteiger partial charge in [0.1, 0.15) is 11.2 Å². The lowest BCUT2D eigenvalue weighted by Gasteiger charge is -2.30. The molecule has 0 amide bonds. The number of rotatable bonds is 7. The van der Waals surface area contributed by atoms with E-state index in [0.29, 0.717) is 0 Å². The zero-order valence-electron chi connectivity index (χ0n) is 33.2. The van der Waals surface area contributed by atoms with E-state index in [1.54, 1.807) is 0 Å². The van der Waals surface area contributed by atoms with Crippen molar-refractivity contribution in [3.05, 3.63) is 231 Å². The zero-order valence-corrected chi connectivity index (χ0v) is 33.2. The molecule has 10 aromatic carbocycles. The summed E-state index contributed by atoms with van der Waals surface area (Å²) in [4.78, 5) is 2.44. The third-order valence-electron chi connectivity index (χ3n) is 12.2. The molecule has 0 aliphatic heterocycles. The number of para-hydroxylation sites is 6. The highest BCUT2D eigenvalue weighted by atomic mass is 16.3. The largest absolute Gasteiger partial charge is 0.456 e. The number of fused-ring (bicyclic) bond motifs is 7. The van der Waals surface area contributed by atoms with Crippen LogP contribution in [0.2, 0.25) is 0 Å². The van der Waals surface area contributed by atoms with Crippen LogP contribution in [0.5, 0.6) is 0 Å². The molecule has 0 radical (unpaired) electrons. The highest BCUT2D eigenvalue weighted by Gasteiger charge is 2.25. The van der Waals surface area contributed by atoms with Gasteiger partial charge in [0.25, 0.3) is 0 Å². The minimum Gasteiger partial charge on any atom is -0.456 e. The van der Waals surface area contributed by atoms with Crippen molar-refractivity contribution in [1.29, 1.82) is 0 Å². The Bertz CT molecular complexity index is 3590. The number of anilines is 3. The van der Waals surface area contributed by atoms with Crippen molar-refractivity contribution >= 4 is 71.6 Å². The van der Waals surface area contributed by atoms with Gasteiger partial charge in [0.05, 0.1) is 22.4 Å². The number of aromatic nitrogens is 1. The van der Waals surface area contributed by atoms with Crippen molar-refractivity contribution in [2.75, 3.05) is 4.90 Å². The van der Waals surface area contributed by atoms with Crippen molar-refractivity contribution in [3.63, 3.8) is 0 Å². The Morgan fingerprint density at radius 3 is 1.70 bits per heavy atom. The average Bonchev–Trinajstić information content (AvgIpc) is 3.88. The predicted octanol–water partition coefficient (Wildman–Crippen LogP) is 16.3. The number of nitrogens with zero attached hydrogens (tertiary/aromatic N) is 2. The van der Waals surface area contributed by atoms with Crippen molar-refractivity contribution < 1.29 is 4.42 Å². The molecule has 12 aromatic rings. The number of furan rings is 1. The zero-order chi connectivity index (χ0) is 40.3. The van der Waals surface area contributed by atoms with Gasteiger partial charge in [-0.1, -0.05) is 176 Å². The fourth-order valence-corrected chi connectivity index (χ4v) is 9.56. The Kier molecular flexibility index (Phi) is 8.17. The van der Waals surface area contributed by atoms with E-state index in [-0.39, 0.29) is 0 Å². The van der Waals surface area contributed by atoms with Crippen LogP contribution in [0.3, 0.4) is 0 Å². The molecule has 0 fully saturated rings. The van der Waals surface area contributed by atoms with Crippen LogP contribution in [0.4, 0.5) is 17.1 Å². The summed E-state index contributed by atoms with van der Waals surface area (Å²) < 4.78 is 9.02. The van der Waals surface area contributed by atoms with Crippen LogP contribution in [0, 0.1) is 0 Å². The van der Waals surface area contributed by atoms with Crippen LogP contribution < -0.4 is 4.90 Å². The van der Waals surface area contributed by atoms with Gasteiger partial charge in [-0.25, -0.2) is 0 Å². The van der Waals surface area contributed by atoms with Gasteiger partial charge in [-0.15, -0.1) is 0 Å². The molecule has 0 aliphatic rings. The van der Waals surface area contributed by atoms with Crippen molar-refractivity contribution in [2.24, 2.45) is 0 Å². The maximum atomic E-state index is 6.59. The summed E-state index contributed by atoms with van der Waals surface area (Å²) in [6.45, 7) is 0. The van der Waals surface area contributed by atoms with Gasteiger partial charge in [-0.05, 0) is 76.0 Å². The van der Waals surface area contributed by atoms with Crippen molar-refractivity contribution in [2.45, 2.75) is 0 Å². The highest BCUT2D eigenvalue weighted by Crippen LogP contribution is 2.49. The monoisotopic (exact) mass is 778 g/mol. The Balaban J connectivity index is 1.16. The van der Waals surface area contributed by atoms with Crippen LogP contribution in [0.15, 0.2) is 235 Å². The van der Waals surface area contributed by atoms with E-state index in [2.05, 4.69) is 234 Å². The highest BCUT2D eigenvalue weighted by molar-refractivity contribution is 6.16. The van der Waals surface area contributed by atoms with Crippen LogP contribution in [-0.4, -0.2) is 4.57 Å². The van der Waals surface area contributed by atoms with Crippen molar-refractivity contribution in [3.8, 4) is 39.1 Å². The van der Waals surface area contributed by atoms with Crippen LogP contribution in [0.25, 0.3) is 93.6 Å². The van der Waals surface area contributed by atoms with E-state index < -0.39 is 0 Å². The molecule has 61 heavy (non-hydrogen) atoms. The standard InChI is InChI=1S/C58H38N2O/c1-3-18-39(19-4-1)43-28-15-20-40-21-16-29-49(57(40)43)44-24-7-11-32-52(44)59(42-36-37-48-47-27-10-14-35-55(47)61-56(48)38-42)53-33-12-8-25-45(53)50-30-17-31-51-46-26-9-13-34-54(46)60(58(50)51)41-22-5-2-6-23-41/h1-38H. The van der Waals surface area contributed by atoms with E-state index in [1.807, 2.05) is 6.07 Å². The van der Waals surface area contributed by atoms with Gasteiger partial charge in [0, 0.05) is 55.7 Å². The van der Waals surface area contributed by atoms with E-state index in [4.69, 9.17) is 4.42 Å². The first-order valence-corrected chi connectivity index (χ1v) is 20.9. The molecule has 2 heterocycles. The predicted molar refractivity (Wildman–Crippen MR) is 257 cm³/mol. The second-order valence-electron chi connectivity index (χ2n) is 15.6. The summed E-state index contributed by atoms with van der Waals surface area (Å²) >= 11 is 0. The van der Waals surface area contributed by atoms with Crippen LogP contribution in [-0.2, 0) is 0 Å². The SMILES string of the molecule is c1ccc(-c2cccc3cccc(-c4ccccc4N(c4ccc5c(c4)oc4ccccc45)c4ccccc4-c4cccc5c6ccccc6n(-c6ccccc6)c45)c23)cc1. The third kappa shape index (κ3) is 5.66. The number of hydrogen-bond acceptors (Lipinski definition) is 2. The molecular weight excluding hydrogens is 741 g/mol. The Hall–Kier alpha value is -8.14. The molecule has 3 heteroatoms. The minimum atomic E-state index is 0.849. The molecule has 3 nitrogen and oxygen atoms in total. The summed E-state index contributed by atoms with van der Waals surface area (Å²) in [6.07, 6.45) is 0. The maximum absolute atomic E-state index is 6.59. The van der Waals surface area contributed by atoms with Crippen molar-refractivity contribution in [1.82, 2.24) is 4.57 Å². The molecule has 286 valence electrons. The molecule has 2 aromatic heterocycles. The second-order valence-corrected chi connectivity index (χ2v) is 15.6. The first-order valence-electron chi connectivity index (χ1n) is 20.9. The molecule has 0 aliphatic carbocycles. The molecule has 0 unspecified atom stereocenters. The quantitative estimate of drug-likeness (QED) is 0.161. The number of hydrogen-bond donors (Lipinski definition) is 0. The Labute approximate surface area is 353 Å². The lowest BCUT2D eigenvalue weighted by molar-refractivity contribution is 0.669. The fourth-order valence-electron chi connectivity index (χ4n) is 9.56. The van der Waals surface area contributed by atoms with Gasteiger partial charge >= 0.3 is 0 Å². The fraction of sp³-hybridized carbons (Fsp3) is 0. The lowest BCUT2D eigenvalue weighted by atomic mass is 9.90. The normalized spacial score (nSPS) is 11.6. The molecular formula is C58H38N2O. The first kappa shape index (κ1) is 34.9. The minimum absolute atomic E-state index is 0.849.